The van der Waals surface area contributed by atoms with Gasteiger partial charge in [0.15, 0.2) is 0 Å². The van der Waals surface area contributed by atoms with Crippen LogP contribution in [0.4, 0.5) is 0 Å². The van der Waals surface area contributed by atoms with Crippen LogP contribution >= 0.6 is 0 Å². The zero-order chi connectivity index (χ0) is 12.4. The molecule has 0 amide bonds. The Balaban J connectivity index is 1.92. The maximum absolute atomic E-state index is 5.51. The lowest BCUT2D eigenvalue weighted by atomic mass is 9.76. The minimum Gasteiger partial charge on any atom is -0.359 e. The Morgan fingerprint density at radius 1 is 1.39 bits per heavy atom. The topological polar surface area (TPSA) is 66.7 Å². The van der Waals surface area contributed by atoms with Gasteiger partial charge in [-0.2, -0.15) is 4.98 Å². The van der Waals surface area contributed by atoms with Gasteiger partial charge in [0, 0.05) is 6.20 Å². The fourth-order valence-electron chi connectivity index (χ4n) is 2.64. The van der Waals surface area contributed by atoms with Crippen molar-refractivity contribution in [2.75, 3.05) is 13.1 Å². The van der Waals surface area contributed by atoms with Crippen LogP contribution in [0.1, 0.15) is 32.1 Å². The molecule has 5 heteroatoms. The molecule has 0 saturated carbocycles. The number of nitrogens with zero attached hydrogens (tertiary/aromatic N) is 2. The summed E-state index contributed by atoms with van der Waals surface area (Å²) in [5.41, 5.74) is 0.966. The van der Waals surface area contributed by atoms with E-state index in [1.54, 1.807) is 0 Å². The van der Waals surface area contributed by atoms with E-state index in [-0.39, 0.29) is 5.41 Å². The van der Waals surface area contributed by atoms with Crippen LogP contribution in [0, 0.1) is 0 Å². The van der Waals surface area contributed by atoms with Gasteiger partial charge in [-0.1, -0.05) is 12.1 Å². The third kappa shape index (κ3) is 1.84. The summed E-state index contributed by atoms with van der Waals surface area (Å²) in [6, 6.07) is 3.89. The molecule has 0 atom stereocenters. The van der Waals surface area contributed by atoms with Gasteiger partial charge in [-0.15, -0.1) is 0 Å². The Bertz CT molecular complexity index is 497. The van der Waals surface area contributed by atoms with Crippen molar-refractivity contribution < 1.29 is 4.52 Å². The lowest BCUT2D eigenvalue weighted by molar-refractivity contribution is 0.216. The van der Waals surface area contributed by atoms with Gasteiger partial charge in [-0.3, -0.25) is 0 Å². The van der Waals surface area contributed by atoms with Crippen LogP contribution in [0.3, 0.4) is 0 Å². The first-order valence-corrected chi connectivity index (χ1v) is 6.53. The third-order valence-corrected chi connectivity index (χ3v) is 3.96. The maximum Gasteiger partial charge on any atom is 0.233 e. The molecule has 1 aliphatic heterocycles. The lowest BCUT2D eigenvalue weighted by Crippen LogP contribution is -2.39. The summed E-state index contributed by atoms with van der Waals surface area (Å²) >= 11 is 0. The number of aromatic amines is 1. The SMILES string of the molecule is CCC1(c2nc(-c3ccc[nH]3)no2)CCNCC1. The van der Waals surface area contributed by atoms with Crippen LogP contribution in [0.2, 0.25) is 0 Å². The quantitative estimate of drug-likeness (QED) is 0.870. The number of hydrogen-bond acceptors (Lipinski definition) is 4. The molecule has 0 aromatic carbocycles. The van der Waals surface area contributed by atoms with Gasteiger partial charge in [0.05, 0.1) is 11.1 Å². The second-order valence-corrected chi connectivity index (χ2v) is 4.89. The molecule has 2 aromatic heterocycles. The summed E-state index contributed by atoms with van der Waals surface area (Å²) in [6.07, 6.45) is 5.04. The van der Waals surface area contributed by atoms with Gasteiger partial charge in [0.25, 0.3) is 0 Å². The first kappa shape index (κ1) is 11.5. The second-order valence-electron chi connectivity index (χ2n) is 4.89. The van der Waals surface area contributed by atoms with Crippen LogP contribution in [0.5, 0.6) is 0 Å². The molecule has 0 radical (unpaired) electrons. The van der Waals surface area contributed by atoms with Crippen LogP contribution < -0.4 is 5.32 Å². The van der Waals surface area contributed by atoms with E-state index in [9.17, 15) is 0 Å². The highest BCUT2D eigenvalue weighted by atomic mass is 16.5. The fourth-order valence-corrected chi connectivity index (χ4v) is 2.64. The van der Waals surface area contributed by atoms with Crippen LogP contribution in [-0.4, -0.2) is 28.2 Å². The summed E-state index contributed by atoms with van der Waals surface area (Å²) in [5.74, 6) is 1.44. The first-order valence-electron chi connectivity index (χ1n) is 6.53. The van der Waals surface area contributed by atoms with Crippen molar-refractivity contribution in [3.8, 4) is 11.5 Å². The summed E-state index contributed by atoms with van der Waals surface area (Å²) in [4.78, 5) is 7.69. The molecule has 1 aliphatic rings. The molecule has 3 heterocycles. The van der Waals surface area contributed by atoms with E-state index in [0.29, 0.717) is 5.82 Å². The predicted octanol–water partition coefficient (Wildman–Crippen LogP) is 2.10. The van der Waals surface area contributed by atoms with Gasteiger partial charge < -0.3 is 14.8 Å². The van der Waals surface area contributed by atoms with E-state index in [4.69, 9.17) is 4.52 Å². The Labute approximate surface area is 106 Å². The van der Waals surface area contributed by atoms with Crippen molar-refractivity contribution in [2.45, 2.75) is 31.6 Å². The molecule has 2 N–H and O–H groups in total. The number of nitrogens with one attached hydrogen (secondary N) is 2. The summed E-state index contributed by atoms with van der Waals surface area (Å²) in [7, 11) is 0. The number of hydrogen-bond donors (Lipinski definition) is 2. The molecule has 0 spiro atoms. The Morgan fingerprint density at radius 3 is 2.89 bits per heavy atom. The molecular weight excluding hydrogens is 228 g/mol. The highest BCUT2D eigenvalue weighted by molar-refractivity contribution is 5.48. The smallest absolute Gasteiger partial charge is 0.233 e. The van der Waals surface area contributed by atoms with Gasteiger partial charge in [-0.25, -0.2) is 0 Å². The van der Waals surface area contributed by atoms with E-state index in [1.165, 1.54) is 0 Å². The zero-order valence-corrected chi connectivity index (χ0v) is 10.6. The highest BCUT2D eigenvalue weighted by Crippen LogP contribution is 2.36. The molecule has 1 fully saturated rings. The van der Waals surface area contributed by atoms with Crippen molar-refractivity contribution in [3.63, 3.8) is 0 Å². The van der Waals surface area contributed by atoms with Crippen molar-refractivity contribution in [1.29, 1.82) is 0 Å². The number of rotatable bonds is 3. The molecule has 2 aromatic rings. The Morgan fingerprint density at radius 2 is 2.22 bits per heavy atom. The van der Waals surface area contributed by atoms with Crippen molar-refractivity contribution in [3.05, 3.63) is 24.2 Å². The average molecular weight is 246 g/mol. The largest absolute Gasteiger partial charge is 0.359 e. The standard InChI is InChI=1S/C13H18N4O/c1-2-13(5-8-14-9-6-13)12-16-11(17-18-12)10-4-3-7-15-10/h3-4,7,14-15H,2,5-6,8-9H2,1H3. The molecular formula is C13H18N4O. The van der Waals surface area contributed by atoms with E-state index in [2.05, 4.69) is 27.4 Å². The average Bonchev–Trinajstić information content (AvgIpc) is 3.10. The first-order chi connectivity index (χ1) is 8.84. The minimum absolute atomic E-state index is 0.0586. The zero-order valence-electron chi connectivity index (χ0n) is 10.6. The molecule has 3 rings (SSSR count). The van der Waals surface area contributed by atoms with Crippen LogP contribution in [0.15, 0.2) is 22.9 Å². The molecule has 0 unspecified atom stereocenters. The summed E-state index contributed by atoms with van der Waals surface area (Å²) in [5, 5.41) is 7.47. The second kappa shape index (κ2) is 4.57. The van der Waals surface area contributed by atoms with E-state index in [0.717, 1.165) is 43.9 Å². The van der Waals surface area contributed by atoms with E-state index in [1.807, 2.05) is 18.3 Å². The minimum atomic E-state index is 0.0586. The number of piperidine rings is 1. The summed E-state index contributed by atoms with van der Waals surface area (Å²) < 4.78 is 5.51. The van der Waals surface area contributed by atoms with Gasteiger partial charge in [0.2, 0.25) is 11.7 Å². The van der Waals surface area contributed by atoms with E-state index >= 15 is 0 Å². The predicted molar refractivity (Wildman–Crippen MR) is 68.2 cm³/mol. The van der Waals surface area contributed by atoms with Crippen molar-refractivity contribution in [2.24, 2.45) is 0 Å². The molecule has 96 valence electrons. The number of H-pyrrole nitrogens is 1. The molecule has 0 aliphatic carbocycles. The summed E-state index contributed by atoms with van der Waals surface area (Å²) in [6.45, 7) is 4.24. The van der Waals surface area contributed by atoms with Gasteiger partial charge in [0.1, 0.15) is 0 Å². The Kier molecular flexibility index (Phi) is 2.91. The monoisotopic (exact) mass is 246 g/mol. The highest BCUT2D eigenvalue weighted by Gasteiger charge is 2.37. The van der Waals surface area contributed by atoms with Crippen LogP contribution in [0.25, 0.3) is 11.5 Å². The molecule has 1 saturated heterocycles. The van der Waals surface area contributed by atoms with Crippen molar-refractivity contribution >= 4 is 0 Å². The number of aromatic nitrogens is 3. The molecule has 18 heavy (non-hydrogen) atoms. The maximum atomic E-state index is 5.51. The van der Waals surface area contributed by atoms with Crippen LogP contribution in [-0.2, 0) is 5.41 Å². The lowest BCUT2D eigenvalue weighted by Gasteiger charge is -2.33. The normalized spacial score (nSPS) is 18.9. The van der Waals surface area contributed by atoms with Gasteiger partial charge in [-0.05, 0) is 44.5 Å². The molecule has 5 nitrogen and oxygen atoms in total. The van der Waals surface area contributed by atoms with E-state index < -0.39 is 0 Å². The van der Waals surface area contributed by atoms with Gasteiger partial charge >= 0.3 is 0 Å². The Hall–Kier alpha value is -1.62. The van der Waals surface area contributed by atoms with Crippen molar-refractivity contribution in [1.82, 2.24) is 20.4 Å². The molecule has 0 bridgehead atoms. The third-order valence-electron chi connectivity index (χ3n) is 3.96. The fraction of sp³-hybridized carbons (Fsp3) is 0.538.